The quantitative estimate of drug-likeness (QED) is 0.275. The second-order valence-corrected chi connectivity index (χ2v) is 7.96. The number of hydrogen-bond donors (Lipinski definition) is 3. The van der Waals surface area contributed by atoms with Crippen LogP contribution in [0.25, 0.3) is 10.8 Å². The molecule has 4 aromatic carbocycles. The Morgan fingerprint density at radius 3 is 1.79 bits per heavy atom. The molecule has 0 fully saturated rings. The summed E-state index contributed by atoms with van der Waals surface area (Å²) in [6.45, 7) is 0. The number of hydroxylamine groups is 1. The van der Waals surface area contributed by atoms with Crippen LogP contribution >= 0.6 is 0 Å². The summed E-state index contributed by atoms with van der Waals surface area (Å²) < 4.78 is 0. The maximum atomic E-state index is 13.0. The Labute approximate surface area is 193 Å². The molecule has 0 aliphatic heterocycles. The molecule has 33 heavy (non-hydrogen) atoms. The van der Waals surface area contributed by atoms with Crippen LogP contribution in [0.4, 0.5) is 0 Å². The first-order chi connectivity index (χ1) is 16.2. The maximum Gasteiger partial charge on any atom is 0.247 e. The van der Waals surface area contributed by atoms with Gasteiger partial charge >= 0.3 is 0 Å². The minimum atomic E-state index is -0.458. The van der Waals surface area contributed by atoms with Gasteiger partial charge in [0.2, 0.25) is 11.8 Å². The molecule has 0 aliphatic carbocycles. The number of carbonyl (C=O) groups is 2. The highest BCUT2D eigenvalue weighted by Crippen LogP contribution is 2.25. The zero-order valence-electron chi connectivity index (χ0n) is 18.2. The van der Waals surface area contributed by atoms with Crippen LogP contribution in [0, 0.1) is 0 Å². The molecule has 0 spiro atoms. The molecule has 3 N–H and O–H groups in total. The molecular weight excluding hydrogens is 412 g/mol. The zero-order valence-corrected chi connectivity index (χ0v) is 18.2. The maximum absolute atomic E-state index is 13.0. The molecule has 0 unspecified atom stereocenters. The van der Waals surface area contributed by atoms with Crippen LogP contribution in [0.2, 0.25) is 0 Å². The van der Waals surface area contributed by atoms with E-state index >= 15 is 0 Å². The molecular formula is C28H26N2O3. The first-order valence-corrected chi connectivity index (χ1v) is 11.0. The van der Waals surface area contributed by atoms with Crippen molar-refractivity contribution in [2.75, 3.05) is 0 Å². The number of aryl methyl sites for hydroxylation is 1. The van der Waals surface area contributed by atoms with Crippen molar-refractivity contribution in [3.8, 4) is 0 Å². The number of nitrogens with one attached hydrogen (secondary N) is 2. The Morgan fingerprint density at radius 1 is 0.667 bits per heavy atom. The molecule has 166 valence electrons. The molecule has 0 saturated heterocycles. The van der Waals surface area contributed by atoms with Crippen molar-refractivity contribution in [3.05, 3.63) is 119 Å². The van der Waals surface area contributed by atoms with E-state index in [1.807, 2.05) is 97.1 Å². The molecule has 0 aliphatic rings. The Bertz CT molecular complexity index is 1200. The number of fused-ring (bicyclic) bond motifs is 1. The summed E-state index contributed by atoms with van der Waals surface area (Å²) in [5, 5.41) is 14.0. The van der Waals surface area contributed by atoms with E-state index in [4.69, 9.17) is 5.21 Å². The summed E-state index contributed by atoms with van der Waals surface area (Å²) in [6.07, 6.45) is 1.01. The van der Waals surface area contributed by atoms with Gasteiger partial charge in [0.05, 0.1) is 12.5 Å². The first kappa shape index (κ1) is 22.2. The van der Waals surface area contributed by atoms with E-state index in [0.29, 0.717) is 12.8 Å². The Hall–Kier alpha value is -3.96. The van der Waals surface area contributed by atoms with Crippen LogP contribution in [0.5, 0.6) is 0 Å². The van der Waals surface area contributed by atoms with E-state index in [9.17, 15) is 9.59 Å². The number of carbonyl (C=O) groups excluding carboxylic acids is 2. The lowest BCUT2D eigenvalue weighted by molar-refractivity contribution is -0.128. The minimum Gasteiger partial charge on any atom is -0.345 e. The van der Waals surface area contributed by atoms with Gasteiger partial charge in [0.15, 0.2) is 0 Å². The van der Waals surface area contributed by atoms with Crippen molar-refractivity contribution >= 4 is 22.6 Å². The summed E-state index contributed by atoms with van der Waals surface area (Å²) in [6, 6.07) is 31.4. The Balaban J connectivity index is 1.51. The molecule has 0 atom stereocenters. The number of hydrogen-bond acceptors (Lipinski definition) is 3. The van der Waals surface area contributed by atoms with Crippen molar-refractivity contribution in [1.82, 2.24) is 10.8 Å². The SMILES string of the molecule is O=C(Cc1cccc2c(CCC(=O)NC(c3ccccc3)c3ccccc3)cccc12)NO. The molecule has 0 aromatic heterocycles. The lowest BCUT2D eigenvalue weighted by Gasteiger charge is -2.20. The minimum absolute atomic E-state index is 0.0273. The highest BCUT2D eigenvalue weighted by Gasteiger charge is 2.17. The van der Waals surface area contributed by atoms with Gasteiger partial charge in [0.1, 0.15) is 0 Å². The van der Waals surface area contributed by atoms with Gasteiger partial charge in [0.25, 0.3) is 0 Å². The number of rotatable bonds is 8. The summed E-state index contributed by atoms with van der Waals surface area (Å²) in [5.74, 6) is -0.485. The van der Waals surface area contributed by atoms with Crippen LogP contribution in [0.1, 0.15) is 34.7 Å². The normalized spacial score (nSPS) is 10.8. The summed E-state index contributed by atoms with van der Waals surface area (Å²) in [7, 11) is 0. The average Bonchev–Trinajstić information content (AvgIpc) is 2.87. The van der Waals surface area contributed by atoms with E-state index < -0.39 is 5.91 Å². The van der Waals surface area contributed by atoms with Crippen LogP contribution in [-0.4, -0.2) is 17.0 Å². The second kappa shape index (κ2) is 10.6. The summed E-state index contributed by atoms with van der Waals surface area (Å²) in [4.78, 5) is 24.6. The average molecular weight is 439 g/mol. The third-order valence-electron chi connectivity index (χ3n) is 5.77. The van der Waals surface area contributed by atoms with Crippen molar-refractivity contribution in [2.24, 2.45) is 0 Å². The van der Waals surface area contributed by atoms with Gasteiger partial charge in [0, 0.05) is 6.42 Å². The van der Waals surface area contributed by atoms with Crippen LogP contribution in [-0.2, 0) is 22.4 Å². The van der Waals surface area contributed by atoms with Crippen LogP contribution < -0.4 is 10.8 Å². The fraction of sp³-hybridized carbons (Fsp3) is 0.143. The standard InChI is InChI=1S/C28H26N2O3/c31-26(29-28(21-9-3-1-4-10-21)22-11-5-2-6-12-22)18-17-20-13-7-16-25-23(19-27(32)30-33)14-8-15-24(20)25/h1-16,28,33H,17-19H2,(H,29,31)(H,30,32). The van der Waals surface area contributed by atoms with E-state index in [2.05, 4.69) is 5.32 Å². The number of benzene rings is 4. The highest BCUT2D eigenvalue weighted by atomic mass is 16.5. The molecule has 2 amide bonds. The van der Waals surface area contributed by atoms with Gasteiger partial charge in [-0.15, -0.1) is 0 Å². The van der Waals surface area contributed by atoms with Gasteiger partial charge in [-0.2, -0.15) is 0 Å². The van der Waals surface area contributed by atoms with Gasteiger partial charge in [-0.1, -0.05) is 97.1 Å². The van der Waals surface area contributed by atoms with Crippen molar-refractivity contribution in [3.63, 3.8) is 0 Å². The van der Waals surface area contributed by atoms with Crippen LogP contribution in [0.3, 0.4) is 0 Å². The fourth-order valence-electron chi connectivity index (χ4n) is 4.16. The number of amides is 2. The largest absolute Gasteiger partial charge is 0.345 e. The third-order valence-corrected chi connectivity index (χ3v) is 5.77. The first-order valence-electron chi connectivity index (χ1n) is 11.0. The zero-order chi connectivity index (χ0) is 23.0. The summed E-state index contributed by atoms with van der Waals surface area (Å²) >= 11 is 0. The van der Waals surface area contributed by atoms with Crippen molar-refractivity contribution in [2.45, 2.75) is 25.3 Å². The summed E-state index contributed by atoms with van der Waals surface area (Å²) in [5.41, 5.74) is 5.64. The molecule has 0 radical (unpaired) electrons. The topological polar surface area (TPSA) is 78.4 Å². The fourth-order valence-corrected chi connectivity index (χ4v) is 4.16. The van der Waals surface area contributed by atoms with E-state index in [1.54, 1.807) is 5.48 Å². The molecule has 4 aromatic rings. The second-order valence-electron chi connectivity index (χ2n) is 7.96. The predicted octanol–water partition coefficient (Wildman–Crippen LogP) is 4.73. The van der Waals surface area contributed by atoms with E-state index in [-0.39, 0.29) is 18.4 Å². The van der Waals surface area contributed by atoms with Crippen molar-refractivity contribution in [1.29, 1.82) is 0 Å². The molecule has 0 bridgehead atoms. The lowest BCUT2D eigenvalue weighted by Crippen LogP contribution is -2.29. The Kier molecular flexibility index (Phi) is 7.12. The van der Waals surface area contributed by atoms with Crippen LogP contribution in [0.15, 0.2) is 97.1 Å². The molecule has 4 rings (SSSR count). The smallest absolute Gasteiger partial charge is 0.247 e. The monoisotopic (exact) mass is 438 g/mol. The molecule has 0 heterocycles. The van der Waals surface area contributed by atoms with Gasteiger partial charge in [-0.3, -0.25) is 14.8 Å². The third kappa shape index (κ3) is 5.45. The molecule has 5 heteroatoms. The lowest BCUT2D eigenvalue weighted by atomic mass is 9.95. The molecule has 0 saturated carbocycles. The van der Waals surface area contributed by atoms with Gasteiger partial charge < -0.3 is 5.32 Å². The highest BCUT2D eigenvalue weighted by molar-refractivity contribution is 5.92. The molecule has 5 nitrogen and oxygen atoms in total. The Morgan fingerprint density at radius 2 is 1.21 bits per heavy atom. The van der Waals surface area contributed by atoms with Crippen molar-refractivity contribution < 1.29 is 14.8 Å². The predicted molar refractivity (Wildman–Crippen MR) is 129 cm³/mol. The van der Waals surface area contributed by atoms with E-state index in [1.165, 1.54) is 0 Å². The van der Waals surface area contributed by atoms with E-state index in [0.717, 1.165) is 33.0 Å². The van der Waals surface area contributed by atoms with Gasteiger partial charge in [-0.25, -0.2) is 5.48 Å². The van der Waals surface area contributed by atoms with Gasteiger partial charge in [-0.05, 0) is 39.4 Å².